The Kier molecular flexibility index (Phi) is 46.7. The Morgan fingerprint density at radius 1 is 0.957 bits per heavy atom. The summed E-state index contributed by atoms with van der Waals surface area (Å²) in [4.78, 5) is 0. The van der Waals surface area contributed by atoms with Crippen molar-refractivity contribution >= 4 is 15.9 Å². The van der Waals surface area contributed by atoms with Gasteiger partial charge in [-0.05, 0) is 19.3 Å². The normalized spacial score (nSPS) is 11.3. The number of hydrogen-bond acceptors (Lipinski definition) is 3. The van der Waals surface area contributed by atoms with Gasteiger partial charge in [-0.3, -0.25) is 0 Å². The van der Waals surface area contributed by atoms with E-state index in [2.05, 4.69) is 26.8 Å². The van der Waals surface area contributed by atoms with Gasteiger partial charge in [-0.2, -0.15) is 0 Å². The molecule has 23 heavy (non-hydrogen) atoms. The van der Waals surface area contributed by atoms with E-state index in [1.165, 1.54) is 0 Å². The van der Waals surface area contributed by atoms with E-state index in [-0.39, 0.29) is 26.2 Å². The molecule has 3 nitrogen and oxygen atoms in total. The number of unbranched alkanes of at least 4 members (excludes halogenated alkanes) is 3. The molecule has 0 aliphatic heterocycles. The minimum Gasteiger partial charge on any atom is 0 e. The van der Waals surface area contributed by atoms with Crippen LogP contribution in [0.2, 0.25) is 0 Å². The number of allylic oxidation sites excluding steroid dienone is 4. The molecule has 0 fully saturated rings. The van der Waals surface area contributed by atoms with Crippen LogP contribution in [0.25, 0.3) is 0 Å². The van der Waals surface area contributed by atoms with Crippen LogP contribution in [0.5, 0.6) is 0 Å². The molecule has 0 saturated heterocycles. The van der Waals surface area contributed by atoms with Gasteiger partial charge in [0.2, 0.25) is 0 Å². The maximum Gasteiger partial charge on any atom is 0 e. The van der Waals surface area contributed by atoms with Crippen LogP contribution in [0, 0.1) is 6.08 Å². The minimum atomic E-state index is -1.75. The molecule has 1 rings (SSSR count). The summed E-state index contributed by atoms with van der Waals surface area (Å²) >= 11 is -1.75. The van der Waals surface area contributed by atoms with Crippen LogP contribution in [0.1, 0.15) is 65.7 Å². The summed E-state index contributed by atoms with van der Waals surface area (Å²) in [5, 5.41) is 24.2. The number of halogens is 1. The average Bonchev–Trinajstić information content (AvgIpc) is 3.05. The van der Waals surface area contributed by atoms with Crippen LogP contribution in [0.15, 0.2) is 16.6 Å². The number of aliphatic hydroxyl groups excluding tert-OH is 3. The molecule has 0 spiro atoms. The molecule has 0 aromatic heterocycles. The molecule has 3 N–H and O–H groups in total. The van der Waals surface area contributed by atoms with E-state index >= 15 is 0 Å². The molecular formula is C17H36FGeO3Zr-. The summed E-state index contributed by atoms with van der Waals surface area (Å²) in [7, 11) is 0. The molecule has 0 aromatic rings. The Hall–Kier alpha value is 0.716. The molecule has 138 valence electrons. The van der Waals surface area contributed by atoms with Gasteiger partial charge >= 0.3 is 48.5 Å². The third-order valence-electron chi connectivity index (χ3n) is 2.44. The first-order valence-electron chi connectivity index (χ1n) is 8.32. The van der Waals surface area contributed by atoms with Crippen molar-refractivity contribution < 1.29 is 45.0 Å². The largest absolute Gasteiger partial charge is 0 e. The van der Waals surface area contributed by atoms with Crippen molar-refractivity contribution in [2.45, 2.75) is 65.7 Å². The molecule has 1 aliphatic carbocycles. The van der Waals surface area contributed by atoms with Gasteiger partial charge in [-0.15, -0.1) is 0 Å². The van der Waals surface area contributed by atoms with E-state index in [1.54, 1.807) is 0 Å². The van der Waals surface area contributed by atoms with Crippen LogP contribution in [0.3, 0.4) is 0 Å². The summed E-state index contributed by atoms with van der Waals surface area (Å²) in [6.45, 7) is 7.19. The summed E-state index contributed by atoms with van der Waals surface area (Å²) in [5.41, 5.74) is 0. The fourth-order valence-corrected chi connectivity index (χ4v) is 2.05. The van der Waals surface area contributed by atoms with E-state index in [0.29, 0.717) is 19.8 Å². The van der Waals surface area contributed by atoms with Gasteiger partial charge in [0, 0.05) is 46.0 Å². The third kappa shape index (κ3) is 39.5. The molecule has 1 aliphatic rings. The number of hydrogen-bond donors (Lipinski definition) is 3. The SMILES string of the molecule is CCCCO.CCCCO.CCCCO.[F][GeH2][C]1=[C-]CC=C1.[Zr]. The van der Waals surface area contributed by atoms with E-state index in [1.807, 2.05) is 12.2 Å². The van der Waals surface area contributed by atoms with Crippen molar-refractivity contribution in [3.63, 3.8) is 0 Å². The standard InChI is InChI=1S/C5H6FGe.3C4H10O.Zr/c6-7-5-3-1-2-4-5;3*1-2-3-4-5;/h1,3H,2,7H2;3*5H,2-4H2,1H3;/q-1;;;;. The summed E-state index contributed by atoms with van der Waals surface area (Å²) in [5.74, 6) is 0. The van der Waals surface area contributed by atoms with Gasteiger partial charge < -0.3 is 15.3 Å². The zero-order chi connectivity index (χ0) is 17.5. The van der Waals surface area contributed by atoms with Crippen molar-refractivity contribution in [3.05, 3.63) is 22.6 Å². The van der Waals surface area contributed by atoms with E-state index in [0.717, 1.165) is 49.4 Å². The van der Waals surface area contributed by atoms with Crippen LogP contribution < -0.4 is 0 Å². The predicted octanol–water partition coefficient (Wildman–Crippen LogP) is 3.02. The van der Waals surface area contributed by atoms with E-state index < -0.39 is 15.9 Å². The quantitative estimate of drug-likeness (QED) is 0.396. The summed E-state index contributed by atoms with van der Waals surface area (Å²) < 4.78 is 12.6. The zero-order valence-electron chi connectivity index (χ0n) is 15.2. The van der Waals surface area contributed by atoms with Gasteiger partial charge in [-0.25, -0.2) is 0 Å². The second-order valence-corrected chi connectivity index (χ2v) is 6.83. The Labute approximate surface area is 168 Å². The number of aliphatic hydroxyl groups is 3. The fourth-order valence-electron chi connectivity index (χ4n) is 1.02. The molecular weight excluding hydrogens is 435 g/mol. The molecule has 0 aromatic carbocycles. The third-order valence-corrected chi connectivity index (χ3v) is 4.07. The molecule has 0 amide bonds. The van der Waals surface area contributed by atoms with E-state index in [9.17, 15) is 3.50 Å². The van der Waals surface area contributed by atoms with Gasteiger partial charge in [0.05, 0.1) is 0 Å². The second kappa shape index (κ2) is 34.1. The monoisotopic (exact) mass is 471 g/mol. The first kappa shape index (κ1) is 31.5. The van der Waals surface area contributed by atoms with Gasteiger partial charge in [0.25, 0.3) is 0 Å². The molecule has 0 heterocycles. The van der Waals surface area contributed by atoms with Crippen LogP contribution in [-0.2, 0) is 26.2 Å². The molecule has 0 radical (unpaired) electrons. The first-order chi connectivity index (χ1) is 10.7. The molecule has 0 unspecified atom stereocenters. The van der Waals surface area contributed by atoms with Crippen LogP contribution >= 0.6 is 0 Å². The van der Waals surface area contributed by atoms with Crippen molar-refractivity contribution in [2.75, 3.05) is 19.8 Å². The van der Waals surface area contributed by atoms with Crippen molar-refractivity contribution in [3.8, 4) is 0 Å². The minimum absolute atomic E-state index is 0. The zero-order valence-corrected chi connectivity index (χ0v) is 20.6. The van der Waals surface area contributed by atoms with Gasteiger partial charge in [-0.1, -0.05) is 40.0 Å². The summed E-state index contributed by atoms with van der Waals surface area (Å²) in [6, 6.07) is 0. The fraction of sp³-hybridized carbons (Fsp3) is 0.765. The Bertz CT molecular complexity index is 220. The molecule has 0 bridgehead atoms. The van der Waals surface area contributed by atoms with Crippen molar-refractivity contribution in [2.24, 2.45) is 0 Å². The Morgan fingerprint density at radius 2 is 1.35 bits per heavy atom. The average molecular weight is 471 g/mol. The molecule has 0 saturated carbocycles. The van der Waals surface area contributed by atoms with Gasteiger partial charge in [0.15, 0.2) is 0 Å². The molecule has 6 heteroatoms. The van der Waals surface area contributed by atoms with Crippen molar-refractivity contribution in [1.29, 1.82) is 0 Å². The predicted molar refractivity (Wildman–Crippen MR) is 96.1 cm³/mol. The first-order valence-corrected chi connectivity index (χ1v) is 10.9. The topological polar surface area (TPSA) is 60.7 Å². The Morgan fingerprint density at radius 3 is 1.43 bits per heavy atom. The smallest absolute Gasteiger partial charge is 0 e. The Balaban J connectivity index is -0.000000105. The molecule has 0 atom stereocenters. The summed E-state index contributed by atoms with van der Waals surface area (Å²) in [6.07, 6.45) is 13.7. The maximum absolute atomic E-state index is 11.7. The van der Waals surface area contributed by atoms with Crippen molar-refractivity contribution in [1.82, 2.24) is 0 Å². The van der Waals surface area contributed by atoms with Gasteiger partial charge in [0.1, 0.15) is 0 Å². The van der Waals surface area contributed by atoms with Crippen LogP contribution in [-0.4, -0.2) is 51.0 Å². The second-order valence-electron chi connectivity index (χ2n) is 4.67. The number of rotatable bonds is 7. The maximum atomic E-state index is 11.7. The van der Waals surface area contributed by atoms with Crippen LogP contribution in [0.4, 0.5) is 3.50 Å². The van der Waals surface area contributed by atoms with E-state index in [4.69, 9.17) is 15.3 Å².